The van der Waals surface area contributed by atoms with Crippen LogP contribution in [0.1, 0.15) is 32.3 Å². The summed E-state index contributed by atoms with van der Waals surface area (Å²) in [6.45, 7) is 5.29. The van der Waals surface area contributed by atoms with Gasteiger partial charge in [0.15, 0.2) is 11.5 Å². The van der Waals surface area contributed by atoms with Gasteiger partial charge in [-0.2, -0.15) is 0 Å². The average Bonchev–Trinajstić information content (AvgIpc) is 3.34. The van der Waals surface area contributed by atoms with E-state index < -0.39 is 23.3 Å². The van der Waals surface area contributed by atoms with Crippen molar-refractivity contribution >= 4 is 23.7 Å². The van der Waals surface area contributed by atoms with E-state index >= 15 is 0 Å². The number of likely N-dealkylation sites (N-methyl/N-ethyl adjacent to an activating group) is 1. The molecule has 0 aliphatic carbocycles. The Morgan fingerprint density at radius 3 is 2.52 bits per heavy atom. The minimum atomic E-state index is -1.24. The summed E-state index contributed by atoms with van der Waals surface area (Å²) >= 11 is 0. The Labute approximate surface area is 182 Å². The number of imide groups is 1. The number of nitrogens with zero attached hydrogens (tertiary/aromatic N) is 4. The van der Waals surface area contributed by atoms with Crippen LogP contribution >= 0.6 is 0 Å². The second-order valence-corrected chi connectivity index (χ2v) is 8.52. The van der Waals surface area contributed by atoms with E-state index in [1.54, 1.807) is 0 Å². The first-order chi connectivity index (χ1) is 14.9. The molecule has 3 aliphatic rings. The van der Waals surface area contributed by atoms with E-state index in [0.29, 0.717) is 25.5 Å². The lowest BCUT2D eigenvalue weighted by atomic mass is 9.78. The van der Waals surface area contributed by atoms with Crippen LogP contribution in [0, 0.1) is 11.8 Å². The van der Waals surface area contributed by atoms with E-state index in [-0.39, 0.29) is 24.4 Å². The van der Waals surface area contributed by atoms with Crippen LogP contribution in [0.15, 0.2) is 35.3 Å². The van der Waals surface area contributed by atoms with Crippen LogP contribution in [0.5, 0.6) is 0 Å². The summed E-state index contributed by atoms with van der Waals surface area (Å²) in [5, 5.41) is 0. The van der Waals surface area contributed by atoms with Gasteiger partial charge in [-0.25, -0.2) is 4.79 Å². The van der Waals surface area contributed by atoms with Gasteiger partial charge in [0.2, 0.25) is 11.8 Å². The molecule has 3 fully saturated rings. The van der Waals surface area contributed by atoms with Gasteiger partial charge in [-0.3, -0.25) is 19.5 Å². The van der Waals surface area contributed by atoms with Crippen LogP contribution in [0.3, 0.4) is 0 Å². The average molecular weight is 427 g/mol. The number of likely N-dealkylation sites (tertiary alicyclic amines) is 1. The molecule has 31 heavy (non-hydrogen) atoms. The molecule has 1 aromatic rings. The van der Waals surface area contributed by atoms with Crippen LogP contribution in [0.2, 0.25) is 0 Å². The molecule has 166 valence electrons. The molecule has 8 heteroatoms. The molecule has 4 rings (SSSR count). The number of carbonyl (C=O) groups excluding carboxylic acids is 3. The van der Waals surface area contributed by atoms with Crippen LogP contribution in [0.25, 0.3) is 0 Å². The largest absolute Gasteiger partial charge is 0.467 e. The number of hydrogen-bond donors (Lipinski definition) is 0. The standard InChI is InChI=1S/C23H30N4O4/c1-5-12-24-22-25(3)14-16-17-18(23(6-2,27(16)22)21(30)31-4)20(29)26(19(17)28)13-15-10-8-7-9-11-15/h7-11,16-18H,5-6,12-14H2,1-4H3/t16-,17+,18-,23-/m1/s1. The Kier molecular flexibility index (Phi) is 5.49. The number of benzene rings is 1. The predicted molar refractivity (Wildman–Crippen MR) is 115 cm³/mol. The number of methoxy groups -OCH3 is 1. The molecular formula is C23H30N4O4. The molecule has 4 atom stereocenters. The SMILES string of the molecule is CCCN=C1N(C)C[C@@H]2[C@@H]3C(=O)N(Cc4ccccc4)C(=O)[C@@H]3[C@](CC)(C(=O)OC)N12. The van der Waals surface area contributed by atoms with Crippen molar-refractivity contribution in [1.29, 1.82) is 0 Å². The number of carbonyl (C=O) groups is 3. The molecule has 0 bridgehead atoms. The van der Waals surface area contributed by atoms with Crippen molar-refractivity contribution in [3.8, 4) is 0 Å². The van der Waals surface area contributed by atoms with Gasteiger partial charge in [0.25, 0.3) is 0 Å². The zero-order valence-electron chi connectivity index (χ0n) is 18.6. The number of rotatable bonds is 6. The van der Waals surface area contributed by atoms with Crippen LogP contribution in [0.4, 0.5) is 0 Å². The van der Waals surface area contributed by atoms with Crippen LogP contribution in [-0.4, -0.2) is 77.3 Å². The number of amides is 2. The molecule has 1 aromatic carbocycles. The highest BCUT2D eigenvalue weighted by molar-refractivity contribution is 6.11. The first kappa shape index (κ1) is 21.3. The fraction of sp³-hybridized carbons (Fsp3) is 0.565. The van der Waals surface area contributed by atoms with Gasteiger partial charge in [0.1, 0.15) is 0 Å². The molecular weight excluding hydrogens is 396 g/mol. The maximum atomic E-state index is 13.6. The Morgan fingerprint density at radius 2 is 1.90 bits per heavy atom. The number of fused-ring (bicyclic) bond motifs is 3. The maximum absolute atomic E-state index is 13.6. The lowest BCUT2D eigenvalue weighted by Gasteiger charge is -2.39. The Morgan fingerprint density at radius 1 is 1.19 bits per heavy atom. The molecule has 3 heterocycles. The smallest absolute Gasteiger partial charge is 0.332 e. The summed E-state index contributed by atoms with van der Waals surface area (Å²) in [4.78, 5) is 50.4. The second-order valence-electron chi connectivity index (χ2n) is 8.52. The van der Waals surface area contributed by atoms with E-state index in [1.165, 1.54) is 12.0 Å². The van der Waals surface area contributed by atoms with Crippen molar-refractivity contribution in [1.82, 2.24) is 14.7 Å². The van der Waals surface area contributed by atoms with Crippen LogP contribution in [-0.2, 0) is 25.7 Å². The predicted octanol–water partition coefficient (Wildman–Crippen LogP) is 1.51. The highest BCUT2D eigenvalue weighted by Gasteiger charge is 2.74. The monoisotopic (exact) mass is 426 g/mol. The normalized spacial score (nSPS) is 30.9. The minimum absolute atomic E-state index is 0.210. The van der Waals surface area contributed by atoms with E-state index in [0.717, 1.165) is 12.0 Å². The quantitative estimate of drug-likeness (QED) is 0.507. The zero-order chi connectivity index (χ0) is 22.3. The van der Waals surface area contributed by atoms with Gasteiger partial charge < -0.3 is 14.5 Å². The molecule has 0 saturated carbocycles. The van der Waals surface area contributed by atoms with Crippen molar-refractivity contribution < 1.29 is 19.1 Å². The van der Waals surface area contributed by atoms with Crippen molar-refractivity contribution in [2.75, 3.05) is 27.2 Å². The number of ether oxygens (including phenoxy) is 1. The van der Waals surface area contributed by atoms with Gasteiger partial charge >= 0.3 is 5.97 Å². The lowest BCUT2D eigenvalue weighted by Crippen LogP contribution is -2.60. The van der Waals surface area contributed by atoms with Gasteiger partial charge in [-0.05, 0) is 18.4 Å². The molecule has 0 aromatic heterocycles. The third kappa shape index (κ3) is 2.95. The highest BCUT2D eigenvalue weighted by atomic mass is 16.5. The minimum Gasteiger partial charge on any atom is -0.467 e. The summed E-state index contributed by atoms with van der Waals surface area (Å²) in [7, 11) is 3.26. The summed E-state index contributed by atoms with van der Waals surface area (Å²) < 4.78 is 5.23. The Hall–Kier alpha value is -2.90. The number of aliphatic imine (C=N–C) groups is 1. The van der Waals surface area contributed by atoms with Crippen molar-refractivity contribution in [2.45, 2.75) is 44.8 Å². The molecule has 0 radical (unpaired) electrons. The lowest BCUT2D eigenvalue weighted by molar-refractivity contribution is -0.158. The third-order valence-corrected chi connectivity index (χ3v) is 6.89. The number of esters is 1. The summed E-state index contributed by atoms with van der Waals surface area (Å²) in [6.07, 6.45) is 1.22. The van der Waals surface area contributed by atoms with Gasteiger partial charge in [0, 0.05) is 20.1 Å². The fourth-order valence-corrected chi connectivity index (χ4v) is 5.58. The molecule has 0 spiro atoms. The first-order valence-corrected chi connectivity index (χ1v) is 10.9. The van der Waals surface area contributed by atoms with Crippen molar-refractivity contribution in [3.05, 3.63) is 35.9 Å². The molecule has 0 N–H and O–H groups in total. The maximum Gasteiger partial charge on any atom is 0.332 e. The molecule has 8 nitrogen and oxygen atoms in total. The Bertz CT molecular complexity index is 917. The topological polar surface area (TPSA) is 82.5 Å². The van der Waals surface area contributed by atoms with E-state index in [2.05, 4.69) is 0 Å². The molecule has 3 saturated heterocycles. The van der Waals surface area contributed by atoms with Gasteiger partial charge in [-0.1, -0.05) is 44.2 Å². The third-order valence-electron chi connectivity index (χ3n) is 6.89. The highest BCUT2D eigenvalue weighted by Crippen LogP contribution is 2.53. The second kappa shape index (κ2) is 7.98. The zero-order valence-corrected chi connectivity index (χ0v) is 18.6. The molecule has 0 unspecified atom stereocenters. The van der Waals surface area contributed by atoms with Crippen molar-refractivity contribution in [3.63, 3.8) is 0 Å². The fourth-order valence-electron chi connectivity index (χ4n) is 5.58. The summed E-state index contributed by atoms with van der Waals surface area (Å²) in [5.41, 5.74) is -0.352. The number of hydrogen-bond acceptors (Lipinski definition) is 5. The van der Waals surface area contributed by atoms with Crippen LogP contribution < -0.4 is 0 Å². The van der Waals surface area contributed by atoms with E-state index in [1.807, 2.05) is 61.0 Å². The van der Waals surface area contributed by atoms with Gasteiger partial charge in [-0.15, -0.1) is 0 Å². The van der Waals surface area contributed by atoms with E-state index in [4.69, 9.17) is 9.73 Å². The first-order valence-electron chi connectivity index (χ1n) is 10.9. The summed E-state index contributed by atoms with van der Waals surface area (Å²) in [6, 6.07) is 9.17. The molecule has 2 amide bonds. The summed E-state index contributed by atoms with van der Waals surface area (Å²) in [5.74, 6) is -1.67. The van der Waals surface area contributed by atoms with Crippen molar-refractivity contribution in [2.24, 2.45) is 16.8 Å². The molecule has 3 aliphatic heterocycles. The van der Waals surface area contributed by atoms with Gasteiger partial charge in [0.05, 0.1) is 31.5 Å². The number of guanidine groups is 1. The Balaban J connectivity index is 1.79. The van der Waals surface area contributed by atoms with E-state index in [9.17, 15) is 14.4 Å².